The minimum Gasteiger partial charge on any atom is -0.375 e. The quantitative estimate of drug-likeness (QED) is 0.766. The normalized spacial score (nSPS) is 12.4. The van der Waals surface area contributed by atoms with Gasteiger partial charge in [0.25, 0.3) is 0 Å². The zero-order valence-electron chi connectivity index (χ0n) is 14.2. The van der Waals surface area contributed by atoms with Crippen molar-refractivity contribution in [1.29, 1.82) is 0 Å². The van der Waals surface area contributed by atoms with Crippen molar-refractivity contribution in [2.24, 2.45) is 0 Å². The van der Waals surface area contributed by atoms with Crippen LogP contribution in [-0.2, 0) is 17.9 Å². The minimum absolute atomic E-state index is 0.0492. The van der Waals surface area contributed by atoms with E-state index >= 15 is 0 Å². The first kappa shape index (κ1) is 18.6. The molecule has 0 spiro atoms. The smallest absolute Gasteiger partial charge is 0.0728 e. The van der Waals surface area contributed by atoms with Crippen LogP contribution in [0.3, 0.4) is 0 Å². The Morgan fingerprint density at radius 1 is 1.29 bits per heavy atom. The third-order valence-corrected chi connectivity index (χ3v) is 4.49. The van der Waals surface area contributed by atoms with Crippen molar-refractivity contribution >= 4 is 15.9 Å². The van der Waals surface area contributed by atoms with Gasteiger partial charge in [0, 0.05) is 22.6 Å². The molecule has 0 amide bonds. The second-order valence-corrected chi connectivity index (χ2v) is 7.52. The third-order valence-electron chi connectivity index (χ3n) is 3.76. The Morgan fingerprint density at radius 3 is 2.48 bits per heavy atom. The van der Waals surface area contributed by atoms with E-state index in [1.807, 2.05) is 0 Å². The van der Waals surface area contributed by atoms with E-state index in [1.165, 1.54) is 11.1 Å². The van der Waals surface area contributed by atoms with Crippen LogP contribution >= 0.6 is 15.9 Å². The second kappa shape index (κ2) is 8.28. The Hall–Kier alpha value is -0.420. The Balaban J connectivity index is 2.53. The molecule has 1 aromatic rings. The highest BCUT2D eigenvalue weighted by atomic mass is 79.9. The Labute approximate surface area is 138 Å². The fourth-order valence-corrected chi connectivity index (χ4v) is 2.22. The highest BCUT2D eigenvalue weighted by molar-refractivity contribution is 9.10. The van der Waals surface area contributed by atoms with Crippen LogP contribution in [0.2, 0.25) is 0 Å². The highest BCUT2D eigenvalue weighted by Crippen LogP contribution is 2.20. The van der Waals surface area contributed by atoms with E-state index in [1.54, 1.807) is 0 Å². The summed E-state index contributed by atoms with van der Waals surface area (Å²) in [6, 6.07) is 6.98. The average Bonchev–Trinajstić information content (AvgIpc) is 2.38. The molecule has 0 atom stereocenters. The monoisotopic (exact) mass is 356 g/mol. The first-order valence-electron chi connectivity index (χ1n) is 7.48. The molecule has 0 heterocycles. The number of halogens is 1. The number of hydrogen-bond donors (Lipinski definition) is 1. The molecule has 4 heteroatoms. The summed E-state index contributed by atoms with van der Waals surface area (Å²) in [5.74, 6) is 0. The number of likely N-dealkylation sites (N-methyl/N-ethyl adjacent to an activating group) is 1. The van der Waals surface area contributed by atoms with Gasteiger partial charge < -0.3 is 15.0 Å². The number of nitrogens with one attached hydrogen (secondary N) is 1. The van der Waals surface area contributed by atoms with Crippen LogP contribution in [0.1, 0.15) is 38.8 Å². The van der Waals surface area contributed by atoms with Gasteiger partial charge in [-0.2, -0.15) is 0 Å². The summed E-state index contributed by atoms with van der Waals surface area (Å²) < 4.78 is 7.00. The summed E-state index contributed by atoms with van der Waals surface area (Å²) in [7, 11) is 4.16. The van der Waals surface area contributed by atoms with Crippen LogP contribution in [0, 0.1) is 0 Å². The van der Waals surface area contributed by atoms with Gasteiger partial charge in [-0.3, -0.25) is 0 Å². The van der Waals surface area contributed by atoms with Gasteiger partial charge in [0.2, 0.25) is 0 Å². The molecule has 0 unspecified atom stereocenters. The van der Waals surface area contributed by atoms with Crippen molar-refractivity contribution in [3.63, 3.8) is 0 Å². The summed E-state index contributed by atoms with van der Waals surface area (Å²) in [6.07, 6.45) is 0. The summed E-state index contributed by atoms with van der Waals surface area (Å²) in [5.41, 5.74) is 2.53. The zero-order chi connectivity index (χ0) is 16.0. The average molecular weight is 357 g/mol. The Bertz CT molecular complexity index is 444. The Kier molecular flexibility index (Phi) is 7.34. The molecular weight excluding hydrogens is 328 g/mol. The molecule has 0 radical (unpaired) electrons. The van der Waals surface area contributed by atoms with Crippen LogP contribution in [0.15, 0.2) is 22.7 Å². The molecule has 0 aromatic heterocycles. The molecule has 0 saturated heterocycles. The molecule has 1 aromatic carbocycles. The molecule has 3 nitrogen and oxygen atoms in total. The topological polar surface area (TPSA) is 24.5 Å². The molecular formula is C17H29BrN2O. The number of ether oxygens (including phenoxy) is 1. The first-order chi connectivity index (χ1) is 9.72. The fourth-order valence-electron chi connectivity index (χ4n) is 1.68. The van der Waals surface area contributed by atoms with Crippen molar-refractivity contribution in [3.05, 3.63) is 33.8 Å². The lowest BCUT2D eigenvalue weighted by atomic mass is 10.1. The van der Waals surface area contributed by atoms with Gasteiger partial charge in [0.1, 0.15) is 0 Å². The molecule has 0 saturated carbocycles. The minimum atomic E-state index is 0.0492. The summed E-state index contributed by atoms with van der Waals surface area (Å²) in [4.78, 5) is 2.18. The molecule has 1 rings (SSSR count). The van der Waals surface area contributed by atoms with Crippen molar-refractivity contribution in [2.75, 3.05) is 20.7 Å². The van der Waals surface area contributed by atoms with Gasteiger partial charge in [-0.15, -0.1) is 0 Å². The summed E-state index contributed by atoms with van der Waals surface area (Å²) >= 11 is 3.65. The molecule has 0 aliphatic rings. The van der Waals surface area contributed by atoms with Crippen LogP contribution in [0.25, 0.3) is 0 Å². The van der Waals surface area contributed by atoms with E-state index < -0.39 is 0 Å². The van der Waals surface area contributed by atoms with Crippen LogP contribution in [0.4, 0.5) is 0 Å². The van der Waals surface area contributed by atoms with Crippen LogP contribution < -0.4 is 5.32 Å². The molecule has 0 fully saturated rings. The van der Waals surface area contributed by atoms with Crippen molar-refractivity contribution < 1.29 is 4.74 Å². The SMILES string of the molecule is CC(C)NCc1ccc(COCC(C)(C)N(C)C)c(Br)c1. The van der Waals surface area contributed by atoms with Gasteiger partial charge in [0.15, 0.2) is 0 Å². The zero-order valence-corrected chi connectivity index (χ0v) is 15.8. The third kappa shape index (κ3) is 6.47. The van der Waals surface area contributed by atoms with E-state index in [-0.39, 0.29) is 5.54 Å². The van der Waals surface area contributed by atoms with E-state index in [0.29, 0.717) is 19.3 Å². The van der Waals surface area contributed by atoms with E-state index in [4.69, 9.17) is 4.74 Å². The lowest BCUT2D eigenvalue weighted by Gasteiger charge is -2.32. The van der Waals surface area contributed by atoms with Gasteiger partial charge >= 0.3 is 0 Å². The lowest BCUT2D eigenvalue weighted by Crippen LogP contribution is -2.42. The van der Waals surface area contributed by atoms with Gasteiger partial charge in [-0.05, 0) is 45.1 Å². The van der Waals surface area contributed by atoms with Crippen molar-refractivity contribution in [2.45, 2.75) is 52.4 Å². The van der Waals surface area contributed by atoms with Gasteiger partial charge in [-0.25, -0.2) is 0 Å². The fraction of sp³-hybridized carbons (Fsp3) is 0.647. The predicted molar refractivity (Wildman–Crippen MR) is 93.5 cm³/mol. The first-order valence-corrected chi connectivity index (χ1v) is 8.27. The van der Waals surface area contributed by atoms with Gasteiger partial charge in [0.05, 0.1) is 13.2 Å². The summed E-state index contributed by atoms with van der Waals surface area (Å²) in [6.45, 7) is 10.9. The molecule has 1 N–H and O–H groups in total. The number of hydrogen-bond acceptors (Lipinski definition) is 3. The Morgan fingerprint density at radius 2 is 1.95 bits per heavy atom. The van der Waals surface area contributed by atoms with Gasteiger partial charge in [-0.1, -0.05) is 41.9 Å². The predicted octanol–water partition coefficient (Wildman–Crippen LogP) is 3.80. The summed E-state index contributed by atoms with van der Waals surface area (Å²) in [5, 5.41) is 3.43. The van der Waals surface area contributed by atoms with Crippen LogP contribution in [-0.4, -0.2) is 37.2 Å². The number of benzene rings is 1. The maximum absolute atomic E-state index is 5.88. The van der Waals surface area contributed by atoms with E-state index in [0.717, 1.165) is 11.0 Å². The second-order valence-electron chi connectivity index (χ2n) is 6.66. The maximum Gasteiger partial charge on any atom is 0.0728 e. The largest absolute Gasteiger partial charge is 0.375 e. The standard InChI is InChI=1S/C17H29BrN2O/c1-13(2)19-10-14-7-8-15(16(18)9-14)11-21-12-17(3,4)20(5)6/h7-9,13,19H,10-12H2,1-6H3. The molecule has 0 aliphatic heterocycles. The number of rotatable bonds is 8. The van der Waals surface area contributed by atoms with E-state index in [9.17, 15) is 0 Å². The van der Waals surface area contributed by atoms with Crippen molar-refractivity contribution in [3.8, 4) is 0 Å². The van der Waals surface area contributed by atoms with E-state index in [2.05, 4.69) is 86.1 Å². The lowest BCUT2D eigenvalue weighted by molar-refractivity contribution is 0.0272. The maximum atomic E-state index is 5.88. The van der Waals surface area contributed by atoms with Crippen LogP contribution in [0.5, 0.6) is 0 Å². The number of nitrogens with zero attached hydrogens (tertiary/aromatic N) is 1. The molecule has 21 heavy (non-hydrogen) atoms. The van der Waals surface area contributed by atoms with Crippen molar-refractivity contribution in [1.82, 2.24) is 10.2 Å². The molecule has 0 bridgehead atoms. The molecule has 0 aliphatic carbocycles. The molecule has 120 valence electrons. The highest BCUT2D eigenvalue weighted by Gasteiger charge is 2.20.